The number of hydrogen-bond acceptors (Lipinski definition) is 6. The van der Waals surface area contributed by atoms with Crippen LogP contribution >= 0.6 is 0 Å². The summed E-state index contributed by atoms with van der Waals surface area (Å²) < 4.78 is 5.76. The number of amides is 2. The van der Waals surface area contributed by atoms with Crippen molar-refractivity contribution in [3.8, 4) is 23.0 Å². The van der Waals surface area contributed by atoms with Gasteiger partial charge in [0.25, 0.3) is 11.8 Å². The Bertz CT molecular complexity index is 973. The van der Waals surface area contributed by atoms with Crippen LogP contribution in [-0.4, -0.2) is 57.8 Å². The number of carbonyl (C=O) groups excluding carboxylic acids is 2. The molecule has 0 atom stereocenters. The highest BCUT2D eigenvalue weighted by Crippen LogP contribution is 2.35. The smallest absolute Gasteiger partial charge is 0.258 e. The van der Waals surface area contributed by atoms with Crippen molar-refractivity contribution in [3.05, 3.63) is 46.5 Å². The zero-order chi connectivity index (χ0) is 22.7. The highest BCUT2D eigenvalue weighted by Gasteiger charge is 2.26. The van der Waals surface area contributed by atoms with E-state index in [1.807, 2.05) is 32.9 Å². The van der Waals surface area contributed by atoms with E-state index in [1.165, 1.54) is 0 Å². The third-order valence-electron chi connectivity index (χ3n) is 5.69. The number of aryl methyl sites for hydroxylation is 2. The molecule has 1 aliphatic rings. The van der Waals surface area contributed by atoms with Gasteiger partial charge in [-0.05, 0) is 62.4 Å². The molecule has 2 aromatic carbocycles. The van der Waals surface area contributed by atoms with E-state index in [0.717, 1.165) is 34.6 Å². The molecular formula is C23H28N2O6. The van der Waals surface area contributed by atoms with Crippen molar-refractivity contribution in [3.63, 3.8) is 0 Å². The number of ether oxygens (including phenoxy) is 1. The minimum Gasteiger partial charge on any atom is -0.504 e. The molecule has 0 aromatic heterocycles. The average molecular weight is 428 g/mol. The maximum Gasteiger partial charge on any atom is 0.258 e. The first kappa shape index (κ1) is 22.3. The first-order chi connectivity index (χ1) is 14.7. The Morgan fingerprint density at radius 3 is 2.23 bits per heavy atom. The molecule has 8 nitrogen and oxygen atoms in total. The van der Waals surface area contributed by atoms with Crippen molar-refractivity contribution in [1.82, 2.24) is 10.2 Å². The number of benzene rings is 2. The number of aromatic hydroxyl groups is 3. The summed E-state index contributed by atoms with van der Waals surface area (Å²) in [5, 5.41) is 31.6. The van der Waals surface area contributed by atoms with Gasteiger partial charge in [-0.15, -0.1) is 0 Å². The lowest BCUT2D eigenvalue weighted by Crippen LogP contribution is -2.47. The summed E-state index contributed by atoms with van der Waals surface area (Å²) in [5.74, 6) is -1.59. The van der Waals surface area contributed by atoms with Crippen LogP contribution in [-0.2, 0) is 4.79 Å². The second-order valence-electron chi connectivity index (χ2n) is 7.94. The first-order valence-corrected chi connectivity index (χ1v) is 10.2. The topological polar surface area (TPSA) is 119 Å². The van der Waals surface area contributed by atoms with Crippen molar-refractivity contribution >= 4 is 11.8 Å². The van der Waals surface area contributed by atoms with Crippen LogP contribution in [0, 0.1) is 20.8 Å². The number of phenols is 3. The summed E-state index contributed by atoms with van der Waals surface area (Å²) >= 11 is 0. The van der Waals surface area contributed by atoms with Crippen molar-refractivity contribution in [1.29, 1.82) is 0 Å². The van der Waals surface area contributed by atoms with Gasteiger partial charge in [0, 0.05) is 24.7 Å². The molecule has 0 bridgehead atoms. The first-order valence-electron chi connectivity index (χ1n) is 10.2. The number of nitrogens with one attached hydrogen (secondary N) is 1. The number of phenolic OH excluding ortho intramolecular Hbond substituents is 3. The third-order valence-corrected chi connectivity index (χ3v) is 5.69. The molecule has 1 saturated heterocycles. The van der Waals surface area contributed by atoms with Gasteiger partial charge < -0.3 is 30.3 Å². The number of nitrogens with zero attached hydrogens (tertiary/aromatic N) is 1. The molecule has 0 spiro atoms. The van der Waals surface area contributed by atoms with Crippen LogP contribution in [0.25, 0.3) is 0 Å². The lowest BCUT2D eigenvalue weighted by atomic mass is 10.0. The molecule has 8 heteroatoms. The maximum absolute atomic E-state index is 12.6. The van der Waals surface area contributed by atoms with Crippen LogP contribution in [0.5, 0.6) is 23.0 Å². The van der Waals surface area contributed by atoms with Gasteiger partial charge in [0.1, 0.15) is 5.75 Å². The van der Waals surface area contributed by atoms with Crippen LogP contribution in [0.2, 0.25) is 0 Å². The number of carbonyl (C=O) groups is 2. The highest BCUT2D eigenvalue weighted by molar-refractivity contribution is 5.95. The number of rotatable bonds is 5. The van der Waals surface area contributed by atoms with Gasteiger partial charge in [-0.1, -0.05) is 12.1 Å². The Kier molecular flexibility index (Phi) is 6.58. The van der Waals surface area contributed by atoms with Crippen molar-refractivity contribution in [2.24, 2.45) is 0 Å². The molecule has 4 N–H and O–H groups in total. The summed E-state index contributed by atoms with van der Waals surface area (Å²) in [6.07, 6.45) is 1.16. The molecule has 0 saturated carbocycles. The van der Waals surface area contributed by atoms with Gasteiger partial charge >= 0.3 is 0 Å². The molecule has 166 valence electrons. The maximum atomic E-state index is 12.6. The molecule has 2 amide bonds. The predicted molar refractivity (Wildman–Crippen MR) is 115 cm³/mol. The third kappa shape index (κ3) is 5.02. The Hall–Kier alpha value is -3.42. The molecule has 1 heterocycles. The molecule has 1 aliphatic heterocycles. The SMILES string of the molecule is Cc1ccc(C)c(OCC(=O)NC2CCN(C(=O)c3cc(O)c(O)c(O)c3)CC2)c1C. The van der Waals surface area contributed by atoms with Gasteiger partial charge in [-0.3, -0.25) is 9.59 Å². The van der Waals surface area contributed by atoms with Crippen LogP contribution < -0.4 is 10.1 Å². The van der Waals surface area contributed by atoms with Crippen LogP contribution in [0.3, 0.4) is 0 Å². The number of likely N-dealkylation sites (tertiary alicyclic amines) is 1. The van der Waals surface area contributed by atoms with Gasteiger partial charge in [0.15, 0.2) is 23.9 Å². The van der Waals surface area contributed by atoms with E-state index in [1.54, 1.807) is 4.90 Å². The summed E-state index contributed by atoms with van der Waals surface area (Å²) in [7, 11) is 0. The van der Waals surface area contributed by atoms with Crippen LogP contribution in [0.4, 0.5) is 0 Å². The quantitative estimate of drug-likeness (QED) is 0.544. The van der Waals surface area contributed by atoms with Crippen LogP contribution in [0.15, 0.2) is 24.3 Å². The molecule has 3 rings (SSSR count). The van der Waals surface area contributed by atoms with Gasteiger partial charge in [0.05, 0.1) is 0 Å². The zero-order valence-corrected chi connectivity index (χ0v) is 17.9. The summed E-state index contributed by atoms with van der Waals surface area (Å²) in [5.41, 5.74) is 3.20. The molecule has 0 aliphatic carbocycles. The second kappa shape index (κ2) is 9.16. The van der Waals surface area contributed by atoms with E-state index in [0.29, 0.717) is 25.9 Å². The molecule has 2 aromatic rings. The van der Waals surface area contributed by atoms with Gasteiger partial charge in [-0.25, -0.2) is 0 Å². The second-order valence-corrected chi connectivity index (χ2v) is 7.94. The molecule has 1 fully saturated rings. The molecule has 0 radical (unpaired) electrons. The monoisotopic (exact) mass is 428 g/mol. The largest absolute Gasteiger partial charge is 0.504 e. The summed E-state index contributed by atoms with van der Waals surface area (Å²) in [6.45, 7) is 6.68. The van der Waals surface area contributed by atoms with Crippen molar-refractivity contribution < 1.29 is 29.6 Å². The fourth-order valence-corrected chi connectivity index (χ4v) is 3.69. The lowest BCUT2D eigenvalue weighted by molar-refractivity contribution is -0.124. The van der Waals surface area contributed by atoms with E-state index in [9.17, 15) is 24.9 Å². The standard InChI is InChI=1S/C23H28N2O6/c1-13-4-5-14(2)22(15(13)3)31-12-20(28)24-17-6-8-25(9-7-17)23(30)16-10-18(26)21(29)19(27)11-16/h4-5,10-11,17,26-27,29H,6-9,12H2,1-3H3,(H,24,28). The Morgan fingerprint density at radius 2 is 1.61 bits per heavy atom. The van der Waals surface area contributed by atoms with Crippen LogP contribution in [0.1, 0.15) is 39.9 Å². The Morgan fingerprint density at radius 1 is 1.03 bits per heavy atom. The summed E-state index contributed by atoms with van der Waals surface area (Å²) in [4.78, 5) is 26.5. The van der Waals surface area contributed by atoms with Gasteiger partial charge in [-0.2, -0.15) is 0 Å². The van der Waals surface area contributed by atoms with Crippen molar-refractivity contribution in [2.75, 3.05) is 19.7 Å². The molecule has 0 unspecified atom stereocenters. The summed E-state index contributed by atoms with van der Waals surface area (Å²) in [6, 6.07) is 6.17. The predicted octanol–water partition coefficient (Wildman–Crippen LogP) is 2.53. The Balaban J connectivity index is 1.50. The number of piperidine rings is 1. The minimum absolute atomic E-state index is 0.0681. The van der Waals surface area contributed by atoms with E-state index < -0.39 is 17.2 Å². The van der Waals surface area contributed by atoms with E-state index in [-0.39, 0.29) is 30.0 Å². The Labute approximate surface area is 181 Å². The molecule has 31 heavy (non-hydrogen) atoms. The van der Waals surface area contributed by atoms with E-state index in [2.05, 4.69) is 5.32 Å². The van der Waals surface area contributed by atoms with E-state index >= 15 is 0 Å². The van der Waals surface area contributed by atoms with Gasteiger partial charge in [0.2, 0.25) is 0 Å². The average Bonchev–Trinajstić information content (AvgIpc) is 2.74. The molecular weight excluding hydrogens is 400 g/mol. The zero-order valence-electron chi connectivity index (χ0n) is 17.9. The number of hydrogen-bond donors (Lipinski definition) is 4. The van der Waals surface area contributed by atoms with Crippen molar-refractivity contribution in [2.45, 2.75) is 39.7 Å². The lowest BCUT2D eigenvalue weighted by Gasteiger charge is -2.32. The minimum atomic E-state index is -0.656. The fourth-order valence-electron chi connectivity index (χ4n) is 3.69. The van der Waals surface area contributed by atoms with E-state index in [4.69, 9.17) is 4.74 Å². The normalized spacial score (nSPS) is 14.4. The fraction of sp³-hybridized carbons (Fsp3) is 0.391. The highest BCUT2D eigenvalue weighted by atomic mass is 16.5.